The molecule has 0 bridgehead atoms. The molecule has 1 fully saturated rings. The van der Waals surface area contributed by atoms with Gasteiger partial charge < -0.3 is 29.2 Å². The van der Waals surface area contributed by atoms with E-state index in [9.17, 15) is 4.79 Å². The van der Waals surface area contributed by atoms with Crippen LogP contribution in [-0.4, -0.2) is 61.2 Å². The molecule has 1 atom stereocenters. The summed E-state index contributed by atoms with van der Waals surface area (Å²) < 4.78 is 17.8. The van der Waals surface area contributed by atoms with E-state index in [2.05, 4.69) is 4.90 Å². The monoisotopic (exact) mass is 408 g/mol. The summed E-state index contributed by atoms with van der Waals surface area (Å²) in [5.41, 5.74) is 11.6. The summed E-state index contributed by atoms with van der Waals surface area (Å²) >= 11 is 1.25. The van der Waals surface area contributed by atoms with E-state index in [1.54, 1.807) is 12.1 Å². The summed E-state index contributed by atoms with van der Waals surface area (Å²) in [6, 6.07) is 6.98. The fraction of sp³-hybridized carbons (Fsp3) is 0.526. The average Bonchev–Trinajstić information content (AvgIpc) is 2.97. The third-order valence-electron chi connectivity index (χ3n) is 4.88. The Balaban J connectivity index is 1.62. The smallest absolute Gasteiger partial charge is 0.248 e. The van der Waals surface area contributed by atoms with E-state index in [-0.39, 0.29) is 11.7 Å². The quantitative estimate of drug-likeness (QED) is 0.655. The summed E-state index contributed by atoms with van der Waals surface area (Å²) in [7, 11) is 1.94. The number of ether oxygens (including phenoxy) is 2. The number of nitrogens with two attached hydrogens (primary N) is 2. The standard InChI is InChI=1S/C19H28N4O4S/c1-18(2)25-11-19(12-26-18,10-23-9-8-22(3)17(23)21)13-27-28-15-6-4-14(5-7-15)16(20)24/h4-9,17H,10-13,21H2,1-3H3,(H2,20,24). The largest absolute Gasteiger partial charge is 0.366 e. The molecule has 1 aromatic rings. The van der Waals surface area contributed by atoms with Crippen molar-refractivity contribution in [2.45, 2.75) is 30.8 Å². The van der Waals surface area contributed by atoms with Crippen LogP contribution in [0.4, 0.5) is 0 Å². The van der Waals surface area contributed by atoms with Gasteiger partial charge in [0.2, 0.25) is 5.91 Å². The Morgan fingerprint density at radius 1 is 1.25 bits per heavy atom. The lowest BCUT2D eigenvalue weighted by atomic mass is 9.89. The number of primary amides is 1. The Bertz CT molecular complexity index is 715. The highest BCUT2D eigenvalue weighted by Crippen LogP contribution is 2.34. The van der Waals surface area contributed by atoms with Crippen molar-refractivity contribution in [2.24, 2.45) is 16.9 Å². The maximum Gasteiger partial charge on any atom is 0.248 e. The van der Waals surface area contributed by atoms with E-state index in [0.29, 0.717) is 31.9 Å². The van der Waals surface area contributed by atoms with Crippen LogP contribution < -0.4 is 11.5 Å². The van der Waals surface area contributed by atoms with Crippen LogP contribution in [0.15, 0.2) is 41.6 Å². The summed E-state index contributed by atoms with van der Waals surface area (Å²) in [5, 5.41) is 0. The Morgan fingerprint density at radius 3 is 2.43 bits per heavy atom. The lowest BCUT2D eigenvalue weighted by Crippen LogP contribution is -2.56. The normalized spacial score (nSPS) is 23.2. The van der Waals surface area contributed by atoms with E-state index >= 15 is 0 Å². The van der Waals surface area contributed by atoms with Crippen molar-refractivity contribution in [3.8, 4) is 0 Å². The van der Waals surface area contributed by atoms with Crippen molar-refractivity contribution in [3.05, 3.63) is 42.2 Å². The number of amides is 1. The number of carbonyl (C=O) groups excluding carboxylic acids is 1. The second-order valence-corrected chi connectivity index (χ2v) is 8.63. The third-order valence-corrected chi connectivity index (χ3v) is 5.58. The summed E-state index contributed by atoms with van der Waals surface area (Å²) in [6.07, 6.45) is 3.70. The van der Waals surface area contributed by atoms with Crippen LogP contribution in [0.2, 0.25) is 0 Å². The Labute approximate surface area is 170 Å². The van der Waals surface area contributed by atoms with Gasteiger partial charge in [-0.15, -0.1) is 0 Å². The molecular weight excluding hydrogens is 380 g/mol. The van der Waals surface area contributed by atoms with Gasteiger partial charge in [0, 0.05) is 48.5 Å². The van der Waals surface area contributed by atoms with Gasteiger partial charge in [-0.3, -0.25) is 10.5 Å². The molecule has 1 saturated heterocycles. The first-order valence-corrected chi connectivity index (χ1v) is 9.83. The van der Waals surface area contributed by atoms with Crippen molar-refractivity contribution < 1.29 is 18.5 Å². The lowest BCUT2D eigenvalue weighted by Gasteiger charge is -2.45. The Kier molecular flexibility index (Phi) is 6.21. The Hall–Kier alpha value is -1.78. The number of nitrogens with zero attached hydrogens (tertiary/aromatic N) is 2. The van der Waals surface area contributed by atoms with Gasteiger partial charge in [-0.25, -0.2) is 0 Å². The molecule has 1 aromatic carbocycles. The van der Waals surface area contributed by atoms with Gasteiger partial charge in [0.15, 0.2) is 12.1 Å². The highest BCUT2D eigenvalue weighted by molar-refractivity contribution is 7.94. The van der Waals surface area contributed by atoms with Crippen LogP contribution in [0.25, 0.3) is 0 Å². The lowest BCUT2D eigenvalue weighted by molar-refractivity contribution is -0.290. The minimum Gasteiger partial charge on any atom is -0.366 e. The molecule has 1 unspecified atom stereocenters. The average molecular weight is 409 g/mol. The van der Waals surface area contributed by atoms with Crippen LogP contribution in [0.1, 0.15) is 24.2 Å². The maximum atomic E-state index is 11.2. The molecule has 0 radical (unpaired) electrons. The minimum absolute atomic E-state index is 0.221. The van der Waals surface area contributed by atoms with Crippen LogP contribution in [0.3, 0.4) is 0 Å². The minimum atomic E-state index is -0.610. The van der Waals surface area contributed by atoms with Crippen LogP contribution in [0.5, 0.6) is 0 Å². The van der Waals surface area contributed by atoms with Crippen LogP contribution in [-0.2, 0) is 13.7 Å². The van der Waals surface area contributed by atoms with Gasteiger partial charge in [-0.2, -0.15) is 0 Å². The molecule has 0 aromatic heterocycles. The zero-order valence-corrected chi connectivity index (χ0v) is 17.3. The van der Waals surface area contributed by atoms with E-state index in [1.807, 2.05) is 50.3 Å². The SMILES string of the molecule is CN1C=CN(CC2(COSc3ccc(C(N)=O)cc3)COC(C)(C)OC2)C1N. The van der Waals surface area contributed by atoms with Crippen LogP contribution in [0, 0.1) is 5.41 Å². The molecule has 0 aliphatic carbocycles. The van der Waals surface area contributed by atoms with Crippen molar-refractivity contribution >= 4 is 17.9 Å². The van der Waals surface area contributed by atoms with E-state index in [0.717, 1.165) is 4.90 Å². The van der Waals surface area contributed by atoms with Crippen molar-refractivity contribution in [2.75, 3.05) is 33.4 Å². The fourth-order valence-corrected chi connectivity index (χ4v) is 3.68. The van der Waals surface area contributed by atoms with Crippen molar-refractivity contribution in [3.63, 3.8) is 0 Å². The highest BCUT2D eigenvalue weighted by atomic mass is 32.2. The number of benzene rings is 1. The molecule has 8 nitrogen and oxygen atoms in total. The zero-order chi connectivity index (χ0) is 20.4. The molecule has 1 amide bonds. The summed E-state index contributed by atoms with van der Waals surface area (Å²) in [6.45, 7) is 5.88. The fourth-order valence-electron chi connectivity index (χ4n) is 2.99. The van der Waals surface area contributed by atoms with Crippen molar-refractivity contribution in [1.29, 1.82) is 0 Å². The molecule has 4 N–H and O–H groups in total. The predicted octanol–water partition coefficient (Wildman–Crippen LogP) is 1.54. The van der Waals surface area contributed by atoms with Gasteiger partial charge in [-0.05, 0) is 38.1 Å². The molecule has 2 aliphatic heterocycles. The topological polar surface area (TPSA) is 103 Å². The van der Waals surface area contributed by atoms with E-state index in [4.69, 9.17) is 25.1 Å². The molecule has 2 aliphatic rings. The highest BCUT2D eigenvalue weighted by Gasteiger charge is 2.43. The molecule has 28 heavy (non-hydrogen) atoms. The maximum absolute atomic E-state index is 11.2. The van der Waals surface area contributed by atoms with Crippen molar-refractivity contribution in [1.82, 2.24) is 9.80 Å². The first-order valence-electron chi connectivity index (χ1n) is 9.09. The van der Waals surface area contributed by atoms with E-state index in [1.165, 1.54) is 12.0 Å². The van der Waals surface area contributed by atoms with Gasteiger partial charge >= 0.3 is 0 Å². The predicted molar refractivity (Wildman–Crippen MR) is 107 cm³/mol. The number of hydrogen-bond acceptors (Lipinski definition) is 8. The third kappa shape index (κ3) is 4.98. The number of carbonyl (C=O) groups is 1. The molecule has 0 spiro atoms. The Morgan fingerprint density at radius 2 is 1.89 bits per heavy atom. The first-order chi connectivity index (χ1) is 13.2. The second-order valence-electron chi connectivity index (χ2n) is 7.76. The molecule has 3 rings (SSSR count). The first kappa shape index (κ1) is 20.9. The molecule has 2 heterocycles. The van der Waals surface area contributed by atoms with Gasteiger partial charge in [0.25, 0.3) is 0 Å². The van der Waals surface area contributed by atoms with Crippen LogP contribution >= 0.6 is 12.0 Å². The van der Waals surface area contributed by atoms with Gasteiger partial charge in [0.05, 0.1) is 25.2 Å². The number of rotatable bonds is 7. The molecular formula is C19H28N4O4S. The zero-order valence-electron chi connectivity index (χ0n) is 16.5. The van der Waals surface area contributed by atoms with Gasteiger partial charge in [0.1, 0.15) is 0 Å². The molecule has 0 saturated carbocycles. The summed E-state index contributed by atoms with van der Waals surface area (Å²) in [4.78, 5) is 16.1. The summed E-state index contributed by atoms with van der Waals surface area (Å²) in [5.74, 6) is -1.06. The van der Waals surface area contributed by atoms with E-state index < -0.39 is 11.7 Å². The molecule has 154 valence electrons. The molecule has 9 heteroatoms. The number of hydrogen-bond donors (Lipinski definition) is 2. The second kappa shape index (κ2) is 8.30. The van der Waals surface area contributed by atoms with Gasteiger partial charge in [-0.1, -0.05) is 0 Å².